The molecule has 2 atom stereocenters. The van der Waals surface area contributed by atoms with Gasteiger partial charge in [0, 0.05) is 13.0 Å². The lowest BCUT2D eigenvalue weighted by Crippen LogP contribution is -2.37. The molecule has 0 spiro atoms. The van der Waals surface area contributed by atoms with E-state index in [4.69, 9.17) is 4.42 Å². The number of anilines is 1. The van der Waals surface area contributed by atoms with Crippen LogP contribution in [0.2, 0.25) is 0 Å². The molecule has 0 aromatic carbocycles. The Morgan fingerprint density at radius 2 is 2.08 bits per heavy atom. The summed E-state index contributed by atoms with van der Waals surface area (Å²) in [4.78, 5) is 2.13. The Bertz CT molecular complexity index is 906. The third kappa shape index (κ3) is 2.93. The molecule has 1 saturated heterocycles. The summed E-state index contributed by atoms with van der Waals surface area (Å²) in [5.41, 5.74) is 0.317. The van der Waals surface area contributed by atoms with Crippen LogP contribution in [0.25, 0.3) is 5.65 Å². The summed E-state index contributed by atoms with van der Waals surface area (Å²) in [6, 6.07) is 7.53. The molecule has 2 unspecified atom stereocenters. The SMILES string of the molecule is CCc1ccc(C2CC(C)CCN2c2ccc3nnc(C(F)F)n3n2)o1. The van der Waals surface area contributed by atoms with Gasteiger partial charge in [-0.3, -0.25) is 0 Å². The Kier molecular flexibility index (Phi) is 4.34. The molecule has 4 rings (SSSR count). The van der Waals surface area contributed by atoms with E-state index in [1.54, 1.807) is 6.07 Å². The zero-order chi connectivity index (χ0) is 18.3. The topological polar surface area (TPSA) is 59.5 Å². The lowest BCUT2D eigenvalue weighted by Gasteiger charge is -2.38. The summed E-state index contributed by atoms with van der Waals surface area (Å²) in [6.45, 7) is 5.06. The highest BCUT2D eigenvalue weighted by Crippen LogP contribution is 2.37. The standard InChI is InChI=1S/C18H21F2N5O/c1-3-12-4-5-14(26-12)13-10-11(2)8-9-24(13)16-7-6-15-21-22-18(17(19)20)25(15)23-16/h4-7,11,13,17H,3,8-10H2,1-2H3. The quantitative estimate of drug-likeness (QED) is 0.697. The molecule has 0 saturated carbocycles. The number of aryl methyl sites for hydroxylation is 1. The summed E-state index contributed by atoms with van der Waals surface area (Å²) in [5, 5.41) is 11.7. The first-order chi connectivity index (χ1) is 12.6. The molecule has 0 radical (unpaired) electrons. The average Bonchev–Trinajstić information content (AvgIpc) is 3.28. The molecule has 0 aliphatic carbocycles. The van der Waals surface area contributed by atoms with Crippen LogP contribution in [0.3, 0.4) is 0 Å². The minimum absolute atomic E-state index is 0.0375. The molecule has 0 N–H and O–H groups in total. The van der Waals surface area contributed by atoms with Gasteiger partial charge in [0.2, 0.25) is 5.82 Å². The van der Waals surface area contributed by atoms with Gasteiger partial charge in [0.1, 0.15) is 17.3 Å². The predicted molar refractivity (Wildman–Crippen MR) is 92.3 cm³/mol. The van der Waals surface area contributed by atoms with Crippen LogP contribution < -0.4 is 4.90 Å². The molecule has 4 heterocycles. The normalized spacial score (nSPS) is 21.0. The van der Waals surface area contributed by atoms with Crippen molar-refractivity contribution < 1.29 is 13.2 Å². The number of hydrogen-bond acceptors (Lipinski definition) is 5. The van der Waals surface area contributed by atoms with Crippen LogP contribution in [-0.2, 0) is 6.42 Å². The largest absolute Gasteiger partial charge is 0.464 e. The summed E-state index contributed by atoms with van der Waals surface area (Å²) in [6.07, 6.45) is 0.0641. The van der Waals surface area contributed by atoms with E-state index in [1.807, 2.05) is 18.2 Å². The van der Waals surface area contributed by atoms with Gasteiger partial charge in [0.05, 0.1) is 6.04 Å². The van der Waals surface area contributed by atoms with Crippen LogP contribution >= 0.6 is 0 Å². The number of rotatable bonds is 4. The molecular weight excluding hydrogens is 340 g/mol. The number of nitrogens with zero attached hydrogens (tertiary/aromatic N) is 5. The van der Waals surface area contributed by atoms with Gasteiger partial charge in [-0.1, -0.05) is 13.8 Å². The van der Waals surface area contributed by atoms with Crippen molar-refractivity contribution in [2.75, 3.05) is 11.4 Å². The zero-order valence-corrected chi connectivity index (χ0v) is 14.8. The fourth-order valence-electron chi connectivity index (χ4n) is 3.53. The van der Waals surface area contributed by atoms with E-state index in [1.165, 1.54) is 0 Å². The Morgan fingerprint density at radius 1 is 1.23 bits per heavy atom. The van der Waals surface area contributed by atoms with Crippen LogP contribution in [0.4, 0.5) is 14.6 Å². The Balaban J connectivity index is 1.73. The van der Waals surface area contributed by atoms with E-state index in [0.717, 1.165) is 41.8 Å². The maximum absolute atomic E-state index is 13.1. The molecular formula is C18H21F2N5O. The maximum atomic E-state index is 13.1. The number of alkyl halides is 2. The number of furan rings is 1. The number of hydrogen-bond donors (Lipinski definition) is 0. The third-order valence-electron chi connectivity index (χ3n) is 4.99. The smallest absolute Gasteiger partial charge is 0.299 e. The van der Waals surface area contributed by atoms with Crippen molar-refractivity contribution in [3.63, 3.8) is 0 Å². The maximum Gasteiger partial charge on any atom is 0.299 e. The molecule has 138 valence electrons. The van der Waals surface area contributed by atoms with Crippen LogP contribution in [-0.4, -0.2) is 26.4 Å². The van der Waals surface area contributed by atoms with Crippen LogP contribution in [0.1, 0.15) is 56.5 Å². The van der Waals surface area contributed by atoms with E-state index in [-0.39, 0.29) is 6.04 Å². The third-order valence-corrected chi connectivity index (χ3v) is 4.99. The molecule has 3 aromatic rings. The Morgan fingerprint density at radius 3 is 2.81 bits per heavy atom. The minimum Gasteiger partial charge on any atom is -0.464 e. The van der Waals surface area contributed by atoms with Gasteiger partial charge < -0.3 is 9.32 Å². The molecule has 0 bridgehead atoms. The average molecular weight is 361 g/mol. The predicted octanol–water partition coefficient (Wildman–Crippen LogP) is 4.19. The van der Waals surface area contributed by atoms with Gasteiger partial charge >= 0.3 is 0 Å². The lowest BCUT2D eigenvalue weighted by molar-refractivity contribution is 0.137. The number of piperidine rings is 1. The van der Waals surface area contributed by atoms with E-state index < -0.39 is 12.2 Å². The second kappa shape index (κ2) is 6.66. The van der Waals surface area contributed by atoms with E-state index in [0.29, 0.717) is 17.4 Å². The first-order valence-corrected chi connectivity index (χ1v) is 8.92. The van der Waals surface area contributed by atoms with Crippen molar-refractivity contribution in [3.8, 4) is 0 Å². The molecule has 3 aromatic heterocycles. The second-order valence-corrected chi connectivity index (χ2v) is 6.82. The minimum atomic E-state index is -2.72. The highest BCUT2D eigenvalue weighted by Gasteiger charge is 2.31. The van der Waals surface area contributed by atoms with Crippen molar-refractivity contribution in [2.24, 2.45) is 5.92 Å². The zero-order valence-electron chi connectivity index (χ0n) is 14.8. The fourth-order valence-corrected chi connectivity index (χ4v) is 3.53. The molecule has 0 amide bonds. The van der Waals surface area contributed by atoms with Gasteiger partial charge in [-0.25, -0.2) is 8.78 Å². The van der Waals surface area contributed by atoms with E-state index in [9.17, 15) is 8.78 Å². The first-order valence-electron chi connectivity index (χ1n) is 8.92. The highest BCUT2D eigenvalue weighted by atomic mass is 19.3. The molecule has 8 heteroatoms. The Labute approximate surface area is 149 Å². The van der Waals surface area contributed by atoms with Crippen molar-refractivity contribution in [1.29, 1.82) is 0 Å². The van der Waals surface area contributed by atoms with Crippen LogP contribution in [0.5, 0.6) is 0 Å². The fraction of sp³-hybridized carbons (Fsp3) is 0.500. The summed E-state index contributed by atoms with van der Waals surface area (Å²) in [5.74, 6) is 2.59. The monoisotopic (exact) mass is 361 g/mol. The van der Waals surface area contributed by atoms with Gasteiger partial charge in [0.15, 0.2) is 5.65 Å². The number of halogens is 2. The van der Waals surface area contributed by atoms with Crippen LogP contribution in [0.15, 0.2) is 28.7 Å². The van der Waals surface area contributed by atoms with Gasteiger partial charge in [0.25, 0.3) is 6.43 Å². The number of fused-ring (bicyclic) bond motifs is 1. The molecule has 6 nitrogen and oxygen atoms in total. The second-order valence-electron chi connectivity index (χ2n) is 6.82. The number of aromatic nitrogens is 4. The van der Waals surface area contributed by atoms with Gasteiger partial charge in [-0.15, -0.1) is 15.3 Å². The molecule has 1 aliphatic rings. The summed E-state index contributed by atoms with van der Waals surface area (Å²) in [7, 11) is 0. The van der Waals surface area contributed by atoms with Gasteiger partial charge in [-0.2, -0.15) is 4.52 Å². The van der Waals surface area contributed by atoms with Crippen molar-refractivity contribution >= 4 is 11.5 Å². The molecule has 26 heavy (non-hydrogen) atoms. The molecule has 1 fully saturated rings. The van der Waals surface area contributed by atoms with E-state index >= 15 is 0 Å². The van der Waals surface area contributed by atoms with Crippen molar-refractivity contribution in [2.45, 2.75) is 45.6 Å². The summed E-state index contributed by atoms with van der Waals surface area (Å²) >= 11 is 0. The van der Waals surface area contributed by atoms with Crippen molar-refractivity contribution in [1.82, 2.24) is 19.8 Å². The van der Waals surface area contributed by atoms with Gasteiger partial charge in [-0.05, 0) is 43.0 Å². The summed E-state index contributed by atoms with van der Waals surface area (Å²) < 4.78 is 33.4. The van der Waals surface area contributed by atoms with Crippen LogP contribution in [0, 0.1) is 5.92 Å². The molecule has 1 aliphatic heterocycles. The Hall–Kier alpha value is -2.51. The van der Waals surface area contributed by atoms with Crippen molar-refractivity contribution in [3.05, 3.63) is 41.6 Å². The van der Waals surface area contributed by atoms with E-state index in [2.05, 4.69) is 34.0 Å². The first kappa shape index (κ1) is 16.9. The highest BCUT2D eigenvalue weighted by molar-refractivity contribution is 5.47. The lowest BCUT2D eigenvalue weighted by atomic mass is 9.91.